The van der Waals surface area contributed by atoms with E-state index in [4.69, 9.17) is 18.6 Å². The van der Waals surface area contributed by atoms with Crippen LogP contribution in [0.5, 0.6) is 17.2 Å². The van der Waals surface area contributed by atoms with Crippen LogP contribution in [0.4, 0.5) is 0 Å². The summed E-state index contributed by atoms with van der Waals surface area (Å²) < 4.78 is 22.0. The van der Waals surface area contributed by atoms with Crippen molar-refractivity contribution in [3.63, 3.8) is 0 Å². The molecule has 1 fully saturated rings. The van der Waals surface area contributed by atoms with Gasteiger partial charge < -0.3 is 23.5 Å². The number of methoxy groups -OCH3 is 3. The molecule has 0 saturated carbocycles. The average Bonchev–Trinajstić information content (AvgIpc) is 3.16. The predicted molar refractivity (Wildman–Crippen MR) is 100 cm³/mol. The summed E-state index contributed by atoms with van der Waals surface area (Å²) >= 11 is 1.58. The molecule has 2 heterocycles. The topological polar surface area (TPSA) is 61.1 Å². The molecular weight excluding hydrogens is 354 g/mol. The summed E-state index contributed by atoms with van der Waals surface area (Å²) in [5, 5.41) is -0.131. The first-order valence-electron chi connectivity index (χ1n) is 8.25. The van der Waals surface area contributed by atoms with Crippen LogP contribution in [0, 0.1) is 13.8 Å². The van der Waals surface area contributed by atoms with E-state index in [1.54, 1.807) is 33.1 Å². The molecule has 1 atom stereocenters. The molecule has 7 heteroatoms. The molecule has 6 nitrogen and oxygen atoms in total. The van der Waals surface area contributed by atoms with Crippen LogP contribution in [0.2, 0.25) is 0 Å². The first kappa shape index (κ1) is 18.5. The van der Waals surface area contributed by atoms with Crippen LogP contribution in [-0.4, -0.2) is 37.9 Å². The van der Waals surface area contributed by atoms with Crippen molar-refractivity contribution < 1.29 is 23.4 Å². The van der Waals surface area contributed by atoms with Crippen LogP contribution in [0.3, 0.4) is 0 Å². The number of rotatable bonds is 6. The molecule has 1 saturated heterocycles. The van der Waals surface area contributed by atoms with E-state index in [1.807, 2.05) is 36.9 Å². The van der Waals surface area contributed by atoms with Gasteiger partial charge in [0.05, 0.1) is 27.1 Å². The van der Waals surface area contributed by atoms with Gasteiger partial charge in [-0.3, -0.25) is 4.79 Å². The molecular formula is C19H23NO5S. The molecule has 1 amide bonds. The molecule has 1 aliphatic rings. The molecule has 0 aliphatic carbocycles. The number of benzene rings is 1. The van der Waals surface area contributed by atoms with Gasteiger partial charge in [0.2, 0.25) is 11.7 Å². The standard InChI is InChI=1S/C19H23NO5S/c1-11-6-16(25-12(11)2)19-20(17(21)10-26-19)9-13-7-14(22-3)18(24-5)15(8-13)23-4/h6-8,19H,9-10H2,1-5H3. The van der Waals surface area contributed by atoms with E-state index in [1.165, 1.54) is 0 Å². The van der Waals surface area contributed by atoms with E-state index in [0.29, 0.717) is 29.5 Å². The molecule has 1 aromatic carbocycles. The summed E-state index contributed by atoms with van der Waals surface area (Å²) in [6.45, 7) is 4.38. The minimum atomic E-state index is -0.131. The van der Waals surface area contributed by atoms with Crippen LogP contribution >= 0.6 is 11.8 Å². The quantitative estimate of drug-likeness (QED) is 0.765. The number of carbonyl (C=O) groups is 1. The highest BCUT2D eigenvalue weighted by molar-refractivity contribution is 8.00. The Bertz CT molecular complexity index is 772. The monoisotopic (exact) mass is 377 g/mol. The summed E-state index contributed by atoms with van der Waals surface area (Å²) in [6.07, 6.45) is 0. The highest BCUT2D eigenvalue weighted by Crippen LogP contribution is 2.43. The zero-order valence-electron chi connectivity index (χ0n) is 15.6. The molecule has 1 aromatic heterocycles. The third kappa shape index (κ3) is 3.35. The Labute approximate surface area is 157 Å². The normalized spacial score (nSPS) is 16.9. The lowest BCUT2D eigenvalue weighted by Crippen LogP contribution is -2.27. The van der Waals surface area contributed by atoms with Crippen LogP contribution < -0.4 is 14.2 Å². The fourth-order valence-corrected chi connectivity index (χ4v) is 4.13. The summed E-state index contributed by atoms with van der Waals surface area (Å²) in [6, 6.07) is 5.74. The van der Waals surface area contributed by atoms with Gasteiger partial charge in [0.25, 0.3) is 0 Å². The van der Waals surface area contributed by atoms with Crippen molar-refractivity contribution in [2.45, 2.75) is 25.8 Å². The average molecular weight is 377 g/mol. The Balaban J connectivity index is 1.92. The number of thioether (sulfide) groups is 1. The van der Waals surface area contributed by atoms with Crippen LogP contribution in [0.1, 0.15) is 28.0 Å². The highest BCUT2D eigenvalue weighted by Gasteiger charge is 2.35. The molecule has 0 bridgehead atoms. The zero-order valence-corrected chi connectivity index (χ0v) is 16.4. The van der Waals surface area contributed by atoms with Crippen molar-refractivity contribution in [1.29, 1.82) is 0 Å². The summed E-state index contributed by atoms with van der Waals surface area (Å²) in [4.78, 5) is 14.3. The van der Waals surface area contributed by atoms with Crippen molar-refractivity contribution in [3.8, 4) is 17.2 Å². The van der Waals surface area contributed by atoms with Crippen molar-refractivity contribution in [1.82, 2.24) is 4.90 Å². The van der Waals surface area contributed by atoms with E-state index in [0.717, 1.165) is 22.6 Å². The van der Waals surface area contributed by atoms with Crippen molar-refractivity contribution in [2.24, 2.45) is 0 Å². The summed E-state index contributed by atoms with van der Waals surface area (Å²) in [7, 11) is 4.72. The van der Waals surface area contributed by atoms with Gasteiger partial charge >= 0.3 is 0 Å². The number of ether oxygens (including phenoxy) is 3. The van der Waals surface area contributed by atoms with E-state index in [9.17, 15) is 4.79 Å². The number of nitrogens with zero attached hydrogens (tertiary/aromatic N) is 1. The van der Waals surface area contributed by atoms with Gasteiger partial charge in [0, 0.05) is 6.54 Å². The Morgan fingerprint density at radius 1 is 1.12 bits per heavy atom. The maximum atomic E-state index is 12.5. The third-order valence-electron chi connectivity index (χ3n) is 4.47. The van der Waals surface area contributed by atoms with Gasteiger partial charge in [-0.25, -0.2) is 0 Å². The SMILES string of the molecule is COc1cc(CN2C(=O)CSC2c2cc(C)c(C)o2)cc(OC)c1OC. The first-order valence-corrected chi connectivity index (χ1v) is 9.30. The van der Waals surface area contributed by atoms with Gasteiger partial charge in [0.1, 0.15) is 16.9 Å². The van der Waals surface area contributed by atoms with E-state index in [2.05, 4.69) is 0 Å². The molecule has 0 spiro atoms. The number of amides is 1. The second kappa shape index (κ2) is 7.53. The van der Waals surface area contributed by atoms with E-state index in [-0.39, 0.29) is 11.3 Å². The highest BCUT2D eigenvalue weighted by atomic mass is 32.2. The second-order valence-corrected chi connectivity index (χ2v) is 7.18. The van der Waals surface area contributed by atoms with Crippen LogP contribution in [0.25, 0.3) is 0 Å². The number of hydrogen-bond donors (Lipinski definition) is 0. The Kier molecular flexibility index (Phi) is 5.36. The van der Waals surface area contributed by atoms with Gasteiger partial charge in [-0.2, -0.15) is 0 Å². The van der Waals surface area contributed by atoms with Gasteiger partial charge in [-0.05, 0) is 43.2 Å². The van der Waals surface area contributed by atoms with Gasteiger partial charge in [-0.15, -0.1) is 11.8 Å². The maximum absolute atomic E-state index is 12.5. The molecule has 140 valence electrons. The summed E-state index contributed by atoms with van der Waals surface area (Å²) in [5.41, 5.74) is 1.99. The van der Waals surface area contributed by atoms with Crippen molar-refractivity contribution >= 4 is 17.7 Å². The van der Waals surface area contributed by atoms with Gasteiger partial charge in [0.15, 0.2) is 11.5 Å². The van der Waals surface area contributed by atoms with Crippen LogP contribution in [-0.2, 0) is 11.3 Å². The Hall–Kier alpha value is -2.28. The second-order valence-electron chi connectivity index (χ2n) is 6.11. The summed E-state index contributed by atoms with van der Waals surface area (Å²) in [5.74, 6) is 3.89. The predicted octanol–water partition coefficient (Wildman–Crippen LogP) is 3.70. The number of aryl methyl sites for hydroxylation is 2. The van der Waals surface area contributed by atoms with Crippen LogP contribution in [0.15, 0.2) is 22.6 Å². The molecule has 1 unspecified atom stereocenters. The lowest BCUT2D eigenvalue weighted by Gasteiger charge is -2.23. The molecule has 0 radical (unpaired) electrons. The largest absolute Gasteiger partial charge is 0.493 e. The maximum Gasteiger partial charge on any atom is 0.234 e. The fourth-order valence-electron chi connectivity index (χ4n) is 3.01. The Morgan fingerprint density at radius 2 is 1.77 bits per heavy atom. The fraction of sp³-hybridized carbons (Fsp3) is 0.421. The molecule has 26 heavy (non-hydrogen) atoms. The van der Waals surface area contributed by atoms with Crippen molar-refractivity contribution in [2.75, 3.05) is 27.1 Å². The third-order valence-corrected chi connectivity index (χ3v) is 5.69. The van der Waals surface area contributed by atoms with Gasteiger partial charge in [-0.1, -0.05) is 0 Å². The molecule has 2 aromatic rings. The zero-order chi connectivity index (χ0) is 18.8. The minimum absolute atomic E-state index is 0.0838. The van der Waals surface area contributed by atoms with Crippen molar-refractivity contribution in [3.05, 3.63) is 40.8 Å². The molecule has 0 N–H and O–H groups in total. The number of carbonyl (C=O) groups excluding carboxylic acids is 1. The Morgan fingerprint density at radius 3 is 2.27 bits per heavy atom. The van der Waals surface area contributed by atoms with E-state index < -0.39 is 0 Å². The lowest BCUT2D eigenvalue weighted by atomic mass is 10.1. The molecule has 1 aliphatic heterocycles. The molecule has 3 rings (SSSR count). The lowest BCUT2D eigenvalue weighted by molar-refractivity contribution is -0.128. The number of furan rings is 1. The smallest absolute Gasteiger partial charge is 0.234 e. The first-order chi connectivity index (χ1) is 12.5. The minimum Gasteiger partial charge on any atom is -0.493 e. The van der Waals surface area contributed by atoms with E-state index >= 15 is 0 Å². The number of hydrogen-bond acceptors (Lipinski definition) is 6.